The summed E-state index contributed by atoms with van der Waals surface area (Å²) >= 11 is 0. The molecule has 0 aliphatic carbocycles. The number of benzene rings is 1. The van der Waals surface area contributed by atoms with Crippen LogP contribution in [-0.4, -0.2) is 54.3 Å². The molecule has 1 aliphatic rings. The molecule has 1 aromatic carbocycles. The second-order valence-corrected chi connectivity index (χ2v) is 5.77. The van der Waals surface area contributed by atoms with Crippen molar-refractivity contribution < 1.29 is 9.53 Å². The van der Waals surface area contributed by atoms with Crippen LogP contribution in [0.4, 0.5) is 0 Å². The number of amides is 1. The Morgan fingerprint density at radius 1 is 1.39 bits per heavy atom. The molecule has 6 nitrogen and oxygen atoms in total. The molecule has 23 heavy (non-hydrogen) atoms. The molecule has 6 heteroatoms. The first kappa shape index (κ1) is 15.6. The van der Waals surface area contributed by atoms with Crippen LogP contribution in [0.5, 0.6) is 5.75 Å². The minimum Gasteiger partial charge on any atom is -0.497 e. The summed E-state index contributed by atoms with van der Waals surface area (Å²) < 4.78 is 5.18. The molecule has 122 valence electrons. The van der Waals surface area contributed by atoms with Crippen LogP contribution in [0.1, 0.15) is 23.2 Å². The number of likely N-dealkylation sites (tertiary alicyclic amines) is 1. The maximum atomic E-state index is 12.9. The van der Waals surface area contributed by atoms with Crippen molar-refractivity contribution in [2.45, 2.75) is 18.9 Å². The van der Waals surface area contributed by atoms with E-state index in [2.05, 4.69) is 15.5 Å². The highest BCUT2D eigenvalue weighted by Crippen LogP contribution is 2.25. The number of piperidine rings is 1. The molecule has 1 saturated heterocycles. The predicted octanol–water partition coefficient (Wildman–Crippen LogP) is 1.91. The van der Waals surface area contributed by atoms with Gasteiger partial charge in [0.1, 0.15) is 5.75 Å². The number of aromatic nitrogens is 2. The van der Waals surface area contributed by atoms with E-state index < -0.39 is 0 Å². The zero-order valence-corrected chi connectivity index (χ0v) is 13.5. The van der Waals surface area contributed by atoms with Crippen molar-refractivity contribution in [1.29, 1.82) is 0 Å². The van der Waals surface area contributed by atoms with Gasteiger partial charge in [-0.15, -0.1) is 0 Å². The highest BCUT2D eigenvalue weighted by atomic mass is 16.5. The van der Waals surface area contributed by atoms with E-state index in [4.69, 9.17) is 4.74 Å². The van der Waals surface area contributed by atoms with E-state index in [0.29, 0.717) is 11.6 Å². The average molecular weight is 314 g/mol. The summed E-state index contributed by atoms with van der Waals surface area (Å²) in [6.07, 6.45) is 3.74. The SMILES string of the molecule is CNC1CCCN(C(=O)c2cn[nH]c2-c2ccc(OC)cc2)C1. The van der Waals surface area contributed by atoms with Gasteiger partial charge < -0.3 is 15.0 Å². The van der Waals surface area contributed by atoms with Crippen LogP contribution < -0.4 is 10.1 Å². The number of carbonyl (C=O) groups is 1. The van der Waals surface area contributed by atoms with Crippen LogP contribution in [0, 0.1) is 0 Å². The highest BCUT2D eigenvalue weighted by molar-refractivity contribution is 5.99. The van der Waals surface area contributed by atoms with Crippen molar-refractivity contribution in [3.05, 3.63) is 36.0 Å². The Hall–Kier alpha value is -2.34. The number of rotatable bonds is 4. The lowest BCUT2D eigenvalue weighted by molar-refractivity contribution is 0.0699. The van der Waals surface area contributed by atoms with Crippen LogP contribution in [0.25, 0.3) is 11.3 Å². The monoisotopic (exact) mass is 314 g/mol. The van der Waals surface area contributed by atoms with Gasteiger partial charge in [-0.25, -0.2) is 0 Å². The molecule has 2 heterocycles. The number of hydrogen-bond donors (Lipinski definition) is 2. The summed E-state index contributed by atoms with van der Waals surface area (Å²) in [7, 11) is 3.58. The van der Waals surface area contributed by atoms with Crippen molar-refractivity contribution in [3.63, 3.8) is 0 Å². The Morgan fingerprint density at radius 3 is 2.87 bits per heavy atom. The number of carbonyl (C=O) groups excluding carboxylic acids is 1. The maximum Gasteiger partial charge on any atom is 0.257 e. The first-order chi connectivity index (χ1) is 11.2. The van der Waals surface area contributed by atoms with Crippen LogP contribution in [0.15, 0.2) is 30.5 Å². The van der Waals surface area contributed by atoms with E-state index in [1.54, 1.807) is 13.3 Å². The van der Waals surface area contributed by atoms with E-state index in [0.717, 1.165) is 42.9 Å². The maximum absolute atomic E-state index is 12.9. The lowest BCUT2D eigenvalue weighted by Gasteiger charge is -2.32. The number of ether oxygens (including phenoxy) is 1. The van der Waals surface area contributed by atoms with E-state index >= 15 is 0 Å². The van der Waals surface area contributed by atoms with Crippen LogP contribution >= 0.6 is 0 Å². The first-order valence-corrected chi connectivity index (χ1v) is 7.87. The molecule has 2 N–H and O–H groups in total. The number of H-pyrrole nitrogens is 1. The molecule has 1 aromatic heterocycles. The topological polar surface area (TPSA) is 70.2 Å². The molecule has 0 spiro atoms. The molecule has 1 aliphatic heterocycles. The highest BCUT2D eigenvalue weighted by Gasteiger charge is 2.26. The summed E-state index contributed by atoms with van der Waals surface area (Å²) in [5.74, 6) is 0.818. The van der Waals surface area contributed by atoms with E-state index in [9.17, 15) is 4.79 Å². The Morgan fingerprint density at radius 2 is 2.17 bits per heavy atom. The fraction of sp³-hybridized carbons (Fsp3) is 0.412. The van der Waals surface area contributed by atoms with Crippen molar-refractivity contribution in [2.24, 2.45) is 0 Å². The van der Waals surface area contributed by atoms with E-state index in [1.807, 2.05) is 36.2 Å². The molecule has 0 saturated carbocycles. The average Bonchev–Trinajstić information content (AvgIpc) is 3.11. The Labute approximate surface area is 135 Å². The summed E-state index contributed by atoms with van der Waals surface area (Å²) in [4.78, 5) is 14.8. The first-order valence-electron chi connectivity index (χ1n) is 7.87. The van der Waals surface area contributed by atoms with E-state index in [1.165, 1.54) is 0 Å². The van der Waals surface area contributed by atoms with Gasteiger partial charge in [0.25, 0.3) is 5.91 Å². The minimum atomic E-state index is 0.0320. The smallest absolute Gasteiger partial charge is 0.257 e. The number of likely N-dealkylation sites (N-methyl/N-ethyl adjacent to an activating group) is 1. The minimum absolute atomic E-state index is 0.0320. The lowest BCUT2D eigenvalue weighted by Crippen LogP contribution is -2.47. The number of nitrogens with one attached hydrogen (secondary N) is 2. The van der Waals surface area contributed by atoms with Crippen LogP contribution in [0.3, 0.4) is 0 Å². The molecular weight excluding hydrogens is 292 g/mol. The van der Waals surface area contributed by atoms with Crippen molar-refractivity contribution in [1.82, 2.24) is 20.4 Å². The van der Waals surface area contributed by atoms with Crippen molar-refractivity contribution in [2.75, 3.05) is 27.2 Å². The van der Waals surface area contributed by atoms with Gasteiger partial charge in [0.15, 0.2) is 0 Å². The normalized spacial score (nSPS) is 18.0. The van der Waals surface area contributed by atoms with Gasteiger partial charge in [0.2, 0.25) is 0 Å². The van der Waals surface area contributed by atoms with E-state index in [-0.39, 0.29) is 5.91 Å². The molecular formula is C17H22N4O2. The Kier molecular flexibility index (Phi) is 4.62. The third-order valence-electron chi connectivity index (χ3n) is 4.37. The summed E-state index contributed by atoms with van der Waals surface area (Å²) in [6.45, 7) is 1.53. The van der Waals surface area contributed by atoms with Gasteiger partial charge in [-0.05, 0) is 44.2 Å². The summed E-state index contributed by atoms with van der Waals surface area (Å²) in [5.41, 5.74) is 2.30. The second-order valence-electron chi connectivity index (χ2n) is 5.77. The number of methoxy groups -OCH3 is 1. The molecule has 1 unspecified atom stereocenters. The fourth-order valence-corrected chi connectivity index (χ4v) is 2.99. The van der Waals surface area contributed by atoms with Gasteiger partial charge in [-0.1, -0.05) is 0 Å². The van der Waals surface area contributed by atoms with Crippen molar-refractivity contribution in [3.8, 4) is 17.0 Å². The standard InChI is InChI=1S/C17H22N4O2/c1-18-13-4-3-9-21(11-13)17(22)15-10-19-20-16(15)12-5-7-14(23-2)8-6-12/h5-8,10,13,18H,3-4,9,11H2,1-2H3,(H,19,20). The Bertz CT molecular complexity index is 665. The number of aromatic amines is 1. The van der Waals surface area contributed by atoms with Crippen LogP contribution in [-0.2, 0) is 0 Å². The molecule has 1 atom stereocenters. The molecule has 2 aromatic rings. The predicted molar refractivity (Wildman–Crippen MR) is 88.6 cm³/mol. The second kappa shape index (κ2) is 6.83. The summed E-state index contributed by atoms with van der Waals surface area (Å²) in [6, 6.07) is 7.97. The molecule has 1 fully saturated rings. The molecule has 0 radical (unpaired) electrons. The van der Waals surface area contributed by atoms with Crippen LogP contribution in [0.2, 0.25) is 0 Å². The molecule has 0 bridgehead atoms. The van der Waals surface area contributed by atoms with Gasteiger partial charge in [-0.2, -0.15) is 5.10 Å². The molecule has 1 amide bonds. The van der Waals surface area contributed by atoms with Gasteiger partial charge in [-0.3, -0.25) is 9.89 Å². The summed E-state index contributed by atoms with van der Waals surface area (Å²) in [5, 5.41) is 10.3. The quantitative estimate of drug-likeness (QED) is 0.904. The zero-order chi connectivity index (χ0) is 16.2. The largest absolute Gasteiger partial charge is 0.497 e. The van der Waals surface area contributed by atoms with Gasteiger partial charge in [0, 0.05) is 24.7 Å². The zero-order valence-electron chi connectivity index (χ0n) is 13.5. The third-order valence-corrected chi connectivity index (χ3v) is 4.37. The van der Waals surface area contributed by atoms with Crippen molar-refractivity contribution >= 4 is 5.91 Å². The molecule has 3 rings (SSSR count). The van der Waals surface area contributed by atoms with Gasteiger partial charge in [0.05, 0.1) is 24.6 Å². The van der Waals surface area contributed by atoms with Gasteiger partial charge >= 0.3 is 0 Å². The lowest BCUT2D eigenvalue weighted by atomic mass is 10.0. The number of nitrogens with zero attached hydrogens (tertiary/aromatic N) is 2. The third kappa shape index (κ3) is 3.22. The Balaban J connectivity index is 1.83. The fourth-order valence-electron chi connectivity index (χ4n) is 2.99. The number of hydrogen-bond acceptors (Lipinski definition) is 4.